The van der Waals surface area contributed by atoms with Gasteiger partial charge in [-0.15, -0.1) is 0 Å². The van der Waals surface area contributed by atoms with Crippen LogP contribution in [0.2, 0.25) is 10.0 Å². The number of esters is 1. The first-order valence-corrected chi connectivity index (χ1v) is 5.50. The van der Waals surface area contributed by atoms with Gasteiger partial charge in [-0.3, -0.25) is 10.1 Å². The fourth-order valence-corrected chi connectivity index (χ4v) is 1.47. The zero-order valence-electron chi connectivity index (χ0n) is 9.48. The molecule has 0 unspecified atom stereocenters. The van der Waals surface area contributed by atoms with Gasteiger partial charge in [-0.05, 0) is 6.92 Å². The van der Waals surface area contributed by atoms with Crippen LogP contribution < -0.4 is 4.74 Å². The Morgan fingerprint density at radius 3 is 2.44 bits per heavy atom. The summed E-state index contributed by atoms with van der Waals surface area (Å²) in [6.45, 7) is 1.40. The number of hydrogen-bond acceptors (Lipinski definition) is 5. The van der Waals surface area contributed by atoms with Crippen LogP contribution in [-0.4, -0.2) is 24.1 Å². The van der Waals surface area contributed by atoms with E-state index >= 15 is 0 Å². The fraction of sp³-hybridized carbons (Fsp3) is 0.300. The van der Waals surface area contributed by atoms with E-state index in [0.29, 0.717) is 0 Å². The molecule has 0 spiro atoms. The first kappa shape index (κ1) is 14.5. The Hall–Kier alpha value is -1.53. The predicted molar refractivity (Wildman–Crippen MR) is 65.2 cm³/mol. The molecule has 8 heteroatoms. The minimum Gasteiger partial charge on any atom is -0.472 e. The summed E-state index contributed by atoms with van der Waals surface area (Å²) in [5.41, 5.74) is -0.375. The molecule has 0 fully saturated rings. The van der Waals surface area contributed by atoms with Crippen LogP contribution in [0, 0.1) is 10.1 Å². The second kappa shape index (κ2) is 5.88. The summed E-state index contributed by atoms with van der Waals surface area (Å²) < 4.78 is 9.58. The first-order valence-electron chi connectivity index (χ1n) is 4.74. The van der Waals surface area contributed by atoms with E-state index in [1.165, 1.54) is 20.1 Å². The lowest BCUT2D eigenvalue weighted by atomic mass is 10.3. The van der Waals surface area contributed by atoms with Crippen molar-refractivity contribution in [3.63, 3.8) is 0 Å². The molecule has 6 nitrogen and oxygen atoms in total. The van der Waals surface area contributed by atoms with E-state index < -0.39 is 17.0 Å². The lowest BCUT2D eigenvalue weighted by molar-refractivity contribution is -0.386. The Morgan fingerprint density at radius 1 is 1.39 bits per heavy atom. The minimum atomic E-state index is -0.994. The molecular formula is C10H9Cl2NO5. The molecule has 0 aromatic heterocycles. The predicted octanol–water partition coefficient (Wildman–Crippen LogP) is 2.84. The van der Waals surface area contributed by atoms with Gasteiger partial charge in [-0.1, -0.05) is 23.2 Å². The van der Waals surface area contributed by atoms with Crippen molar-refractivity contribution in [3.05, 3.63) is 32.3 Å². The molecule has 1 atom stereocenters. The van der Waals surface area contributed by atoms with Crippen LogP contribution in [0.5, 0.6) is 5.75 Å². The summed E-state index contributed by atoms with van der Waals surface area (Å²) in [5, 5.41) is 10.9. The van der Waals surface area contributed by atoms with E-state index in [2.05, 4.69) is 4.74 Å². The lowest BCUT2D eigenvalue weighted by Crippen LogP contribution is -2.25. The molecule has 18 heavy (non-hydrogen) atoms. The number of nitro benzene ring substituents is 1. The van der Waals surface area contributed by atoms with Gasteiger partial charge >= 0.3 is 11.7 Å². The van der Waals surface area contributed by atoms with Gasteiger partial charge in [0.2, 0.25) is 0 Å². The smallest absolute Gasteiger partial charge is 0.346 e. The molecule has 0 radical (unpaired) electrons. The Balaban J connectivity index is 3.11. The standard InChI is InChI=1S/C10H9Cl2NO5/c1-5(10(14)17-2)18-9-4-7(12)6(11)3-8(9)13(15)16/h3-5H,1-2H3/t5-/m1/s1. The van der Waals surface area contributed by atoms with Gasteiger partial charge in [0.05, 0.1) is 22.1 Å². The average molecular weight is 294 g/mol. The van der Waals surface area contributed by atoms with Gasteiger partial charge in [0.1, 0.15) is 0 Å². The van der Waals surface area contributed by atoms with Gasteiger partial charge in [0, 0.05) is 12.1 Å². The van der Waals surface area contributed by atoms with Gasteiger partial charge in [-0.25, -0.2) is 4.79 Å². The van der Waals surface area contributed by atoms with E-state index in [-0.39, 0.29) is 21.5 Å². The topological polar surface area (TPSA) is 78.7 Å². The Bertz CT molecular complexity index is 491. The quantitative estimate of drug-likeness (QED) is 0.484. The third-order valence-electron chi connectivity index (χ3n) is 2.04. The molecule has 0 heterocycles. The van der Waals surface area contributed by atoms with E-state index in [9.17, 15) is 14.9 Å². The molecule has 0 saturated heterocycles. The van der Waals surface area contributed by atoms with Crippen molar-refractivity contribution in [2.45, 2.75) is 13.0 Å². The maximum atomic E-state index is 11.2. The fourth-order valence-electron chi connectivity index (χ4n) is 1.16. The van der Waals surface area contributed by atoms with Gasteiger partial charge < -0.3 is 9.47 Å². The van der Waals surface area contributed by atoms with Crippen molar-refractivity contribution in [3.8, 4) is 5.75 Å². The largest absolute Gasteiger partial charge is 0.472 e. The number of carbonyl (C=O) groups excluding carboxylic acids is 1. The number of ether oxygens (including phenoxy) is 2. The number of nitro groups is 1. The summed E-state index contributed by atoms with van der Waals surface area (Å²) in [5.74, 6) is -0.803. The van der Waals surface area contributed by atoms with E-state index in [0.717, 1.165) is 6.07 Å². The maximum Gasteiger partial charge on any atom is 0.346 e. The van der Waals surface area contributed by atoms with Crippen molar-refractivity contribution in [1.82, 2.24) is 0 Å². The van der Waals surface area contributed by atoms with Gasteiger partial charge in [0.15, 0.2) is 11.9 Å². The summed E-state index contributed by atoms with van der Waals surface area (Å²) in [7, 11) is 1.19. The highest BCUT2D eigenvalue weighted by Crippen LogP contribution is 2.36. The highest BCUT2D eigenvalue weighted by molar-refractivity contribution is 6.42. The Morgan fingerprint density at radius 2 is 1.94 bits per heavy atom. The first-order chi connectivity index (χ1) is 8.36. The molecule has 0 aliphatic heterocycles. The van der Waals surface area contributed by atoms with Crippen LogP contribution in [0.4, 0.5) is 5.69 Å². The summed E-state index contributed by atoms with van der Waals surface area (Å²) in [4.78, 5) is 21.3. The second-order valence-corrected chi connectivity index (χ2v) is 4.09. The molecular weight excluding hydrogens is 285 g/mol. The molecule has 0 N–H and O–H groups in total. The zero-order valence-corrected chi connectivity index (χ0v) is 11.0. The summed E-state index contributed by atoms with van der Waals surface area (Å²) in [6.07, 6.45) is -0.994. The molecule has 1 aromatic rings. The van der Waals surface area contributed by atoms with E-state index in [4.69, 9.17) is 27.9 Å². The molecule has 0 aliphatic carbocycles. The van der Waals surface area contributed by atoms with Crippen molar-refractivity contribution >= 4 is 34.9 Å². The second-order valence-electron chi connectivity index (χ2n) is 3.27. The molecule has 0 amide bonds. The van der Waals surface area contributed by atoms with Crippen LogP contribution in [0.25, 0.3) is 0 Å². The minimum absolute atomic E-state index is 0.0291. The number of rotatable bonds is 4. The third-order valence-corrected chi connectivity index (χ3v) is 2.76. The van der Waals surface area contributed by atoms with Crippen LogP contribution in [0.15, 0.2) is 12.1 Å². The monoisotopic (exact) mass is 293 g/mol. The molecule has 98 valence electrons. The Labute approximate surface area is 113 Å². The van der Waals surface area contributed by atoms with Crippen molar-refractivity contribution < 1.29 is 19.2 Å². The number of carbonyl (C=O) groups is 1. The molecule has 0 aliphatic rings. The van der Waals surface area contributed by atoms with Crippen LogP contribution in [0.3, 0.4) is 0 Å². The number of methoxy groups -OCH3 is 1. The maximum absolute atomic E-state index is 11.2. The lowest BCUT2D eigenvalue weighted by Gasteiger charge is -2.12. The van der Waals surface area contributed by atoms with Gasteiger partial charge in [-0.2, -0.15) is 0 Å². The highest BCUT2D eigenvalue weighted by Gasteiger charge is 2.23. The molecule has 0 bridgehead atoms. The number of hydrogen-bond donors (Lipinski definition) is 0. The van der Waals surface area contributed by atoms with Crippen LogP contribution >= 0.6 is 23.2 Å². The number of halogens is 2. The van der Waals surface area contributed by atoms with Crippen LogP contribution in [-0.2, 0) is 9.53 Å². The zero-order chi connectivity index (χ0) is 13.9. The summed E-state index contributed by atoms with van der Waals surface area (Å²) >= 11 is 11.4. The van der Waals surface area contributed by atoms with E-state index in [1.54, 1.807) is 0 Å². The van der Waals surface area contributed by atoms with Gasteiger partial charge in [0.25, 0.3) is 0 Å². The molecule has 0 saturated carbocycles. The summed E-state index contributed by atoms with van der Waals surface area (Å²) in [6, 6.07) is 2.24. The third kappa shape index (κ3) is 3.24. The number of benzene rings is 1. The number of nitrogens with zero attached hydrogens (tertiary/aromatic N) is 1. The van der Waals surface area contributed by atoms with Crippen LogP contribution in [0.1, 0.15) is 6.92 Å². The van der Waals surface area contributed by atoms with E-state index in [1.807, 2.05) is 0 Å². The SMILES string of the molecule is COC(=O)[C@@H](C)Oc1cc(Cl)c(Cl)cc1[N+](=O)[O-]. The van der Waals surface area contributed by atoms with Crippen molar-refractivity contribution in [1.29, 1.82) is 0 Å². The average Bonchev–Trinajstić information content (AvgIpc) is 2.31. The molecule has 1 rings (SSSR count). The highest BCUT2D eigenvalue weighted by atomic mass is 35.5. The van der Waals surface area contributed by atoms with Crippen molar-refractivity contribution in [2.24, 2.45) is 0 Å². The normalized spacial score (nSPS) is 11.8. The van der Waals surface area contributed by atoms with Crippen molar-refractivity contribution in [2.75, 3.05) is 7.11 Å². The Kier molecular flexibility index (Phi) is 4.75. The molecule has 1 aromatic carbocycles.